The van der Waals surface area contributed by atoms with E-state index in [2.05, 4.69) is 9.97 Å². The molecule has 6 heteroatoms. The molecule has 2 N–H and O–H groups in total. The van der Waals surface area contributed by atoms with Crippen LogP contribution >= 0.6 is 11.8 Å². The second-order valence-corrected chi connectivity index (χ2v) is 4.67. The summed E-state index contributed by atoms with van der Waals surface area (Å²) >= 11 is 1.10. The van der Waals surface area contributed by atoms with Crippen LogP contribution in [0.4, 0.5) is 4.39 Å². The Morgan fingerprint density at radius 2 is 2.33 bits per heavy atom. The molecule has 18 heavy (non-hydrogen) atoms. The van der Waals surface area contributed by atoms with Crippen LogP contribution < -0.4 is 0 Å². The van der Waals surface area contributed by atoms with Crippen LogP contribution in [0.5, 0.6) is 0 Å². The Bertz CT molecular complexity index is 583. The highest BCUT2D eigenvalue weighted by Crippen LogP contribution is 2.25. The van der Waals surface area contributed by atoms with Gasteiger partial charge in [0.2, 0.25) is 0 Å². The lowest BCUT2D eigenvalue weighted by molar-refractivity contribution is -0.133. The van der Waals surface area contributed by atoms with Gasteiger partial charge < -0.3 is 10.1 Å². The zero-order valence-corrected chi connectivity index (χ0v) is 10.4. The Hall–Kier alpha value is -1.82. The molecule has 0 saturated heterocycles. The van der Waals surface area contributed by atoms with Crippen LogP contribution in [0.2, 0.25) is 0 Å². The number of nitrogens with one attached hydrogen (secondary N) is 1. The summed E-state index contributed by atoms with van der Waals surface area (Å²) in [6.07, 6.45) is 0. The van der Waals surface area contributed by atoms with Crippen molar-refractivity contribution in [2.45, 2.75) is 12.1 Å². The molecule has 94 valence electrons. The van der Waals surface area contributed by atoms with E-state index >= 15 is 0 Å². The number of aromatic amines is 1. The van der Waals surface area contributed by atoms with Gasteiger partial charge in [-0.05, 0) is 19.1 Å². The maximum absolute atomic E-state index is 13.1. The fraction of sp³-hybridized carbons (Fsp3) is 0.167. The van der Waals surface area contributed by atoms with Gasteiger partial charge in [-0.15, -0.1) is 0 Å². The van der Waals surface area contributed by atoms with Crippen molar-refractivity contribution in [1.82, 2.24) is 9.97 Å². The molecular formula is C12H11FN2O2S. The van der Waals surface area contributed by atoms with Gasteiger partial charge in [0.05, 0.1) is 11.4 Å². The number of carboxylic acids is 1. The minimum atomic E-state index is -0.902. The van der Waals surface area contributed by atoms with Crippen molar-refractivity contribution in [3.8, 4) is 11.3 Å². The van der Waals surface area contributed by atoms with Gasteiger partial charge >= 0.3 is 5.97 Å². The summed E-state index contributed by atoms with van der Waals surface area (Å²) in [5.41, 5.74) is 2.10. The first-order chi connectivity index (χ1) is 8.56. The fourth-order valence-corrected chi connectivity index (χ4v) is 2.19. The van der Waals surface area contributed by atoms with Gasteiger partial charge in [0, 0.05) is 11.3 Å². The lowest BCUT2D eigenvalue weighted by atomic mass is 10.1. The normalized spacial score (nSPS) is 10.6. The highest BCUT2D eigenvalue weighted by Gasteiger charge is 2.11. The summed E-state index contributed by atoms with van der Waals surface area (Å²) in [6.45, 7) is 1.82. The van der Waals surface area contributed by atoms with E-state index in [0.717, 1.165) is 17.5 Å². The molecule has 4 nitrogen and oxygen atoms in total. The van der Waals surface area contributed by atoms with Crippen LogP contribution in [0.3, 0.4) is 0 Å². The number of hydrogen-bond acceptors (Lipinski definition) is 3. The van der Waals surface area contributed by atoms with Crippen LogP contribution in [-0.4, -0.2) is 26.8 Å². The Labute approximate surface area is 107 Å². The summed E-state index contributed by atoms with van der Waals surface area (Å²) < 4.78 is 13.1. The summed E-state index contributed by atoms with van der Waals surface area (Å²) in [6, 6.07) is 6.14. The van der Waals surface area contributed by atoms with E-state index in [1.54, 1.807) is 12.1 Å². The number of H-pyrrole nitrogens is 1. The van der Waals surface area contributed by atoms with Gasteiger partial charge in [-0.3, -0.25) is 4.79 Å². The predicted molar refractivity (Wildman–Crippen MR) is 67.1 cm³/mol. The largest absolute Gasteiger partial charge is 0.481 e. The maximum Gasteiger partial charge on any atom is 0.313 e. The number of rotatable bonds is 4. The lowest BCUT2D eigenvalue weighted by Crippen LogP contribution is -1.97. The molecule has 1 aromatic heterocycles. The molecule has 0 amide bonds. The molecule has 2 aromatic rings. The summed E-state index contributed by atoms with van der Waals surface area (Å²) in [4.78, 5) is 17.7. The van der Waals surface area contributed by atoms with Crippen molar-refractivity contribution in [3.63, 3.8) is 0 Å². The average Bonchev–Trinajstić information content (AvgIpc) is 2.68. The van der Waals surface area contributed by atoms with Crippen LogP contribution in [0, 0.1) is 12.7 Å². The Balaban J connectivity index is 2.26. The maximum atomic E-state index is 13.1. The number of aliphatic carboxylic acids is 1. The second kappa shape index (κ2) is 5.22. The van der Waals surface area contributed by atoms with Crippen LogP contribution in [-0.2, 0) is 4.79 Å². The quantitative estimate of drug-likeness (QED) is 0.835. The van der Waals surface area contributed by atoms with E-state index in [0.29, 0.717) is 16.4 Å². The van der Waals surface area contributed by atoms with Gasteiger partial charge in [0.1, 0.15) is 5.82 Å². The van der Waals surface area contributed by atoms with E-state index in [1.807, 2.05) is 6.92 Å². The molecule has 0 spiro atoms. The topological polar surface area (TPSA) is 66.0 Å². The lowest BCUT2D eigenvalue weighted by Gasteiger charge is -1.97. The smallest absolute Gasteiger partial charge is 0.313 e. The second-order valence-electron chi connectivity index (χ2n) is 3.71. The number of aromatic nitrogens is 2. The molecule has 2 rings (SSSR count). The number of aryl methyl sites for hydroxylation is 1. The Morgan fingerprint density at radius 3 is 3.00 bits per heavy atom. The molecular weight excluding hydrogens is 255 g/mol. The van der Waals surface area contributed by atoms with E-state index in [1.165, 1.54) is 12.1 Å². The molecule has 0 bridgehead atoms. The molecule has 0 atom stereocenters. The first-order valence-electron chi connectivity index (χ1n) is 5.23. The third kappa shape index (κ3) is 2.89. The first-order valence-corrected chi connectivity index (χ1v) is 6.22. The van der Waals surface area contributed by atoms with E-state index in [-0.39, 0.29) is 11.6 Å². The summed E-state index contributed by atoms with van der Waals surface area (Å²) in [7, 11) is 0. The highest BCUT2D eigenvalue weighted by molar-refractivity contribution is 7.99. The molecule has 1 heterocycles. The van der Waals surface area contributed by atoms with Crippen molar-refractivity contribution in [3.05, 3.63) is 35.8 Å². The van der Waals surface area contributed by atoms with Crippen molar-refractivity contribution >= 4 is 17.7 Å². The van der Waals surface area contributed by atoms with Gasteiger partial charge in [-0.1, -0.05) is 23.9 Å². The molecule has 0 radical (unpaired) electrons. The van der Waals surface area contributed by atoms with Crippen molar-refractivity contribution in [1.29, 1.82) is 0 Å². The Kier molecular flexibility index (Phi) is 3.66. The zero-order valence-electron chi connectivity index (χ0n) is 9.61. The van der Waals surface area contributed by atoms with E-state index in [4.69, 9.17) is 5.11 Å². The molecule has 0 saturated carbocycles. The number of carbonyl (C=O) groups is 1. The van der Waals surface area contributed by atoms with Crippen molar-refractivity contribution < 1.29 is 14.3 Å². The summed E-state index contributed by atoms with van der Waals surface area (Å²) in [5, 5.41) is 9.11. The number of thioether (sulfide) groups is 1. The molecule has 1 aromatic carbocycles. The van der Waals surface area contributed by atoms with E-state index < -0.39 is 5.97 Å². The number of nitrogens with zero attached hydrogens (tertiary/aromatic N) is 1. The van der Waals surface area contributed by atoms with Crippen LogP contribution in [0.1, 0.15) is 5.69 Å². The molecule has 0 fully saturated rings. The standard InChI is InChI=1S/C12H11FN2O2S/c1-7-11(8-3-2-4-9(13)5-8)15-12(14-7)18-6-10(16)17/h2-5H,6H2,1H3,(H,14,15)(H,16,17). The molecule has 0 aliphatic heterocycles. The third-order valence-corrected chi connectivity index (χ3v) is 3.15. The number of hydrogen-bond donors (Lipinski definition) is 2. The zero-order chi connectivity index (χ0) is 13.1. The number of imidazole rings is 1. The van der Waals surface area contributed by atoms with Gasteiger partial charge in [-0.2, -0.15) is 0 Å². The Morgan fingerprint density at radius 1 is 1.56 bits per heavy atom. The molecule has 0 unspecified atom stereocenters. The monoisotopic (exact) mass is 266 g/mol. The van der Waals surface area contributed by atoms with Gasteiger partial charge in [0.25, 0.3) is 0 Å². The first kappa shape index (κ1) is 12.6. The minimum absolute atomic E-state index is 0.0600. The predicted octanol–water partition coefficient (Wildman–Crippen LogP) is 2.70. The van der Waals surface area contributed by atoms with Gasteiger partial charge in [-0.25, -0.2) is 9.37 Å². The SMILES string of the molecule is Cc1[nH]c(SCC(=O)O)nc1-c1cccc(F)c1. The highest BCUT2D eigenvalue weighted by atomic mass is 32.2. The number of halogens is 1. The average molecular weight is 266 g/mol. The van der Waals surface area contributed by atoms with Crippen LogP contribution in [0.25, 0.3) is 11.3 Å². The fourth-order valence-electron chi connectivity index (χ4n) is 1.55. The van der Waals surface area contributed by atoms with Gasteiger partial charge in [0.15, 0.2) is 5.16 Å². The minimum Gasteiger partial charge on any atom is -0.481 e. The van der Waals surface area contributed by atoms with Crippen molar-refractivity contribution in [2.24, 2.45) is 0 Å². The van der Waals surface area contributed by atoms with Crippen LogP contribution in [0.15, 0.2) is 29.4 Å². The van der Waals surface area contributed by atoms with E-state index in [9.17, 15) is 9.18 Å². The summed E-state index contributed by atoms with van der Waals surface area (Å²) in [5.74, 6) is -1.29. The number of benzene rings is 1. The van der Waals surface area contributed by atoms with Crippen molar-refractivity contribution in [2.75, 3.05) is 5.75 Å². The third-order valence-electron chi connectivity index (χ3n) is 2.29. The number of carboxylic acid groups (broad SMARTS) is 1. The molecule has 0 aliphatic rings. The molecule has 0 aliphatic carbocycles.